The molecule has 6 heteroatoms. The summed E-state index contributed by atoms with van der Waals surface area (Å²) >= 11 is 1.56. The molecule has 0 radical (unpaired) electrons. The number of nitrogens with one attached hydrogen (secondary N) is 2. The smallest absolute Gasteiger partial charge is 0.313 e. The molecular weight excluding hydrogens is 312 g/mol. The quantitative estimate of drug-likeness (QED) is 0.827. The zero-order valence-corrected chi connectivity index (χ0v) is 14.2. The van der Waals surface area contributed by atoms with Crippen LogP contribution in [0.3, 0.4) is 0 Å². The number of aryl methyl sites for hydroxylation is 2. The first-order valence-corrected chi connectivity index (χ1v) is 8.17. The molecule has 1 heterocycles. The first-order valence-electron chi connectivity index (χ1n) is 7.23. The predicted octanol–water partition coefficient (Wildman–Crippen LogP) is 2.81. The normalized spacial score (nSPS) is 11.8. The Morgan fingerprint density at radius 2 is 1.87 bits per heavy atom. The highest BCUT2D eigenvalue weighted by Crippen LogP contribution is 2.20. The summed E-state index contributed by atoms with van der Waals surface area (Å²) in [4.78, 5) is 24.0. The summed E-state index contributed by atoms with van der Waals surface area (Å²) < 4.78 is 5.34. The van der Waals surface area contributed by atoms with Gasteiger partial charge in [-0.05, 0) is 47.4 Å². The van der Waals surface area contributed by atoms with E-state index in [4.69, 9.17) is 4.74 Å². The van der Waals surface area contributed by atoms with Crippen molar-refractivity contribution in [3.63, 3.8) is 0 Å². The monoisotopic (exact) mass is 332 g/mol. The van der Waals surface area contributed by atoms with Crippen molar-refractivity contribution in [2.24, 2.45) is 0 Å². The number of carbonyl (C=O) groups excluding carboxylic acids is 2. The molecule has 0 spiro atoms. The molecule has 0 saturated carbocycles. The van der Waals surface area contributed by atoms with Crippen LogP contribution in [0.4, 0.5) is 5.69 Å². The molecule has 2 rings (SSSR count). The second kappa shape index (κ2) is 7.89. The lowest BCUT2D eigenvalue weighted by Gasteiger charge is -2.15. The topological polar surface area (TPSA) is 67.4 Å². The van der Waals surface area contributed by atoms with Crippen molar-refractivity contribution in [3.8, 4) is 0 Å². The number of ether oxygens (including phenoxy) is 1. The minimum absolute atomic E-state index is 0.242. The molecule has 2 N–H and O–H groups in total. The Bertz CT molecular complexity index is 663. The number of hydrogen-bond donors (Lipinski definition) is 2. The molecule has 2 amide bonds. The summed E-state index contributed by atoms with van der Waals surface area (Å²) in [5.41, 5.74) is 3.49. The third-order valence-electron chi connectivity index (χ3n) is 3.57. The molecule has 5 nitrogen and oxygen atoms in total. The average molecular weight is 332 g/mol. The van der Waals surface area contributed by atoms with Crippen LogP contribution < -0.4 is 10.6 Å². The van der Waals surface area contributed by atoms with Crippen LogP contribution in [0, 0.1) is 13.8 Å². The second-order valence-corrected chi connectivity index (χ2v) is 5.99. The van der Waals surface area contributed by atoms with E-state index >= 15 is 0 Å². The van der Waals surface area contributed by atoms with Gasteiger partial charge < -0.3 is 15.4 Å². The molecule has 0 aliphatic rings. The van der Waals surface area contributed by atoms with Crippen molar-refractivity contribution in [2.75, 3.05) is 19.0 Å². The van der Waals surface area contributed by atoms with Crippen LogP contribution >= 0.6 is 11.3 Å². The van der Waals surface area contributed by atoms with E-state index in [1.807, 2.05) is 48.9 Å². The summed E-state index contributed by atoms with van der Waals surface area (Å²) in [7, 11) is 1.57. The Labute approximate surface area is 139 Å². The van der Waals surface area contributed by atoms with Crippen molar-refractivity contribution in [2.45, 2.75) is 20.0 Å². The van der Waals surface area contributed by atoms with Gasteiger partial charge in [-0.1, -0.05) is 18.2 Å². The Hall–Kier alpha value is -2.18. The van der Waals surface area contributed by atoms with Gasteiger partial charge in [0.2, 0.25) is 0 Å². The minimum atomic E-state index is -0.678. The predicted molar refractivity (Wildman–Crippen MR) is 91.6 cm³/mol. The summed E-state index contributed by atoms with van der Waals surface area (Å²) in [6.07, 6.45) is -0.266. The molecule has 23 heavy (non-hydrogen) atoms. The van der Waals surface area contributed by atoms with Gasteiger partial charge in [-0.25, -0.2) is 0 Å². The largest absolute Gasteiger partial charge is 0.375 e. The molecule has 0 aliphatic carbocycles. The summed E-state index contributed by atoms with van der Waals surface area (Å²) in [5.74, 6) is -1.35. The Balaban J connectivity index is 1.94. The third-order valence-corrected chi connectivity index (χ3v) is 4.27. The molecule has 122 valence electrons. The lowest BCUT2D eigenvalue weighted by molar-refractivity contribution is -0.136. The van der Waals surface area contributed by atoms with Crippen molar-refractivity contribution in [3.05, 3.63) is 51.7 Å². The van der Waals surface area contributed by atoms with Gasteiger partial charge in [0.15, 0.2) is 0 Å². The first kappa shape index (κ1) is 17.2. The molecule has 1 aromatic heterocycles. The second-order valence-electron chi connectivity index (χ2n) is 5.21. The molecule has 1 unspecified atom stereocenters. The zero-order valence-electron chi connectivity index (χ0n) is 13.4. The summed E-state index contributed by atoms with van der Waals surface area (Å²) in [6.45, 7) is 4.02. The van der Waals surface area contributed by atoms with Crippen molar-refractivity contribution in [1.82, 2.24) is 5.32 Å². The Morgan fingerprint density at radius 1 is 1.17 bits per heavy atom. The van der Waals surface area contributed by atoms with E-state index in [0.29, 0.717) is 5.69 Å². The highest BCUT2D eigenvalue weighted by molar-refractivity contribution is 7.07. The van der Waals surface area contributed by atoms with Gasteiger partial charge in [-0.3, -0.25) is 9.59 Å². The molecular formula is C17H20N2O3S. The maximum absolute atomic E-state index is 12.0. The number of carbonyl (C=O) groups is 2. The molecule has 0 saturated heterocycles. The van der Waals surface area contributed by atoms with E-state index in [9.17, 15) is 9.59 Å². The Morgan fingerprint density at radius 3 is 2.43 bits per heavy atom. The molecule has 0 fully saturated rings. The lowest BCUT2D eigenvalue weighted by Crippen LogP contribution is -2.38. The van der Waals surface area contributed by atoms with E-state index in [-0.39, 0.29) is 12.6 Å². The van der Waals surface area contributed by atoms with Crippen LogP contribution in [0.25, 0.3) is 0 Å². The third kappa shape index (κ3) is 4.40. The van der Waals surface area contributed by atoms with Gasteiger partial charge in [-0.2, -0.15) is 11.3 Å². The number of para-hydroxylation sites is 1. The van der Waals surface area contributed by atoms with Gasteiger partial charge in [0.25, 0.3) is 0 Å². The van der Waals surface area contributed by atoms with E-state index in [2.05, 4.69) is 10.6 Å². The van der Waals surface area contributed by atoms with E-state index in [1.165, 1.54) is 0 Å². The summed E-state index contributed by atoms with van der Waals surface area (Å²) in [5, 5.41) is 9.17. The van der Waals surface area contributed by atoms with Crippen LogP contribution in [-0.2, 0) is 14.3 Å². The standard InChI is InChI=1S/C17H20N2O3S/c1-11-5-4-6-12(2)15(11)19-17(21)16(20)18-9-14(22-3)13-7-8-23-10-13/h4-8,10,14H,9H2,1-3H3,(H,18,20)(H,19,21). The van der Waals surface area contributed by atoms with Gasteiger partial charge in [0.05, 0.1) is 0 Å². The van der Waals surface area contributed by atoms with E-state index < -0.39 is 11.8 Å². The first-order chi connectivity index (χ1) is 11.0. The van der Waals surface area contributed by atoms with Crippen LogP contribution in [0.15, 0.2) is 35.0 Å². The lowest BCUT2D eigenvalue weighted by atomic mass is 10.1. The van der Waals surface area contributed by atoms with Crippen LogP contribution in [0.1, 0.15) is 22.8 Å². The average Bonchev–Trinajstić information content (AvgIpc) is 3.05. The molecule has 0 aliphatic heterocycles. The van der Waals surface area contributed by atoms with Gasteiger partial charge in [0, 0.05) is 19.3 Å². The zero-order chi connectivity index (χ0) is 16.8. The molecule has 1 atom stereocenters. The van der Waals surface area contributed by atoms with Crippen LogP contribution in [0.5, 0.6) is 0 Å². The number of anilines is 1. The number of thiophene rings is 1. The van der Waals surface area contributed by atoms with Crippen LogP contribution in [0.2, 0.25) is 0 Å². The van der Waals surface area contributed by atoms with Crippen molar-refractivity contribution < 1.29 is 14.3 Å². The fourth-order valence-electron chi connectivity index (χ4n) is 2.24. The maximum atomic E-state index is 12.0. The van der Waals surface area contributed by atoms with Crippen LogP contribution in [-0.4, -0.2) is 25.5 Å². The number of methoxy groups -OCH3 is 1. The highest BCUT2D eigenvalue weighted by Gasteiger charge is 2.18. The highest BCUT2D eigenvalue weighted by atomic mass is 32.1. The van der Waals surface area contributed by atoms with Crippen molar-refractivity contribution >= 4 is 28.8 Å². The maximum Gasteiger partial charge on any atom is 0.313 e. The number of benzene rings is 1. The Kier molecular flexibility index (Phi) is 5.90. The van der Waals surface area contributed by atoms with Gasteiger partial charge >= 0.3 is 11.8 Å². The van der Waals surface area contributed by atoms with Gasteiger partial charge in [-0.15, -0.1) is 0 Å². The number of rotatable bonds is 5. The molecule has 2 aromatic rings. The SMILES string of the molecule is COC(CNC(=O)C(=O)Nc1c(C)cccc1C)c1ccsc1. The van der Waals surface area contributed by atoms with Gasteiger partial charge in [0.1, 0.15) is 6.10 Å². The summed E-state index contributed by atoms with van der Waals surface area (Å²) in [6, 6.07) is 7.61. The number of hydrogen-bond acceptors (Lipinski definition) is 4. The van der Waals surface area contributed by atoms with Crippen molar-refractivity contribution in [1.29, 1.82) is 0 Å². The molecule has 1 aromatic carbocycles. The van der Waals surface area contributed by atoms with E-state index in [1.54, 1.807) is 18.4 Å². The van der Waals surface area contributed by atoms with E-state index in [0.717, 1.165) is 16.7 Å². The minimum Gasteiger partial charge on any atom is -0.375 e. The fourth-order valence-corrected chi connectivity index (χ4v) is 2.94. The fraction of sp³-hybridized carbons (Fsp3) is 0.294. The number of amides is 2. The molecule has 0 bridgehead atoms.